The van der Waals surface area contributed by atoms with Gasteiger partial charge in [0.2, 0.25) is 5.91 Å². The lowest BCUT2D eigenvalue weighted by Crippen LogP contribution is -2.36. The van der Waals surface area contributed by atoms with E-state index in [9.17, 15) is 4.79 Å². The summed E-state index contributed by atoms with van der Waals surface area (Å²) in [6, 6.07) is 12.4. The molecule has 23 heavy (non-hydrogen) atoms. The molecule has 4 heteroatoms. The summed E-state index contributed by atoms with van der Waals surface area (Å²) in [7, 11) is 0. The molecule has 1 aliphatic heterocycles. The molecule has 4 rings (SSSR count). The topological polar surface area (TPSA) is 37.6 Å². The molecule has 0 spiro atoms. The SMILES string of the molecule is Cc1cccn2cc(CC(=O)N3c4ccccc4CC3C)nc12. The third kappa shape index (κ3) is 2.31. The van der Waals surface area contributed by atoms with E-state index in [0.717, 1.165) is 29.0 Å². The molecule has 1 aliphatic rings. The Bertz CT molecular complexity index is 897. The lowest BCUT2D eigenvalue weighted by atomic mass is 10.1. The molecule has 1 unspecified atom stereocenters. The predicted octanol–water partition coefficient (Wildman–Crippen LogP) is 3.16. The summed E-state index contributed by atoms with van der Waals surface area (Å²) >= 11 is 0. The second-order valence-corrected chi connectivity index (χ2v) is 6.28. The van der Waals surface area contributed by atoms with Gasteiger partial charge in [-0.05, 0) is 43.5 Å². The molecule has 3 heterocycles. The first kappa shape index (κ1) is 14.0. The van der Waals surface area contributed by atoms with Crippen LogP contribution in [0.2, 0.25) is 0 Å². The molecular weight excluding hydrogens is 286 g/mol. The van der Waals surface area contributed by atoms with E-state index in [2.05, 4.69) is 18.0 Å². The normalized spacial score (nSPS) is 16.8. The number of carbonyl (C=O) groups excluding carboxylic acids is 1. The molecule has 0 fully saturated rings. The van der Waals surface area contributed by atoms with Crippen LogP contribution in [0.1, 0.15) is 23.7 Å². The Morgan fingerprint density at radius 1 is 1.26 bits per heavy atom. The van der Waals surface area contributed by atoms with Crippen LogP contribution >= 0.6 is 0 Å². The molecule has 4 nitrogen and oxygen atoms in total. The maximum absolute atomic E-state index is 12.8. The van der Waals surface area contributed by atoms with Crippen molar-refractivity contribution in [3.8, 4) is 0 Å². The van der Waals surface area contributed by atoms with Gasteiger partial charge < -0.3 is 9.30 Å². The van der Waals surface area contributed by atoms with Crippen molar-refractivity contribution in [2.24, 2.45) is 0 Å². The van der Waals surface area contributed by atoms with Crippen LogP contribution in [0.4, 0.5) is 5.69 Å². The summed E-state index contributed by atoms with van der Waals surface area (Å²) in [6.07, 6.45) is 5.18. The highest BCUT2D eigenvalue weighted by molar-refractivity contribution is 5.97. The summed E-state index contributed by atoms with van der Waals surface area (Å²) < 4.78 is 1.99. The number of anilines is 1. The minimum absolute atomic E-state index is 0.114. The Balaban J connectivity index is 1.63. The van der Waals surface area contributed by atoms with Crippen molar-refractivity contribution in [3.63, 3.8) is 0 Å². The van der Waals surface area contributed by atoms with Crippen molar-refractivity contribution in [3.05, 3.63) is 65.6 Å². The van der Waals surface area contributed by atoms with Gasteiger partial charge in [-0.15, -0.1) is 0 Å². The van der Waals surface area contributed by atoms with Gasteiger partial charge in [0, 0.05) is 24.1 Å². The van der Waals surface area contributed by atoms with Crippen molar-refractivity contribution >= 4 is 17.2 Å². The number of fused-ring (bicyclic) bond motifs is 2. The monoisotopic (exact) mass is 305 g/mol. The number of aromatic nitrogens is 2. The molecule has 0 saturated carbocycles. The number of aryl methyl sites for hydroxylation is 1. The molecule has 3 aromatic rings. The van der Waals surface area contributed by atoms with Crippen molar-refractivity contribution in [1.29, 1.82) is 0 Å². The number of nitrogens with zero attached hydrogens (tertiary/aromatic N) is 3. The first-order valence-corrected chi connectivity index (χ1v) is 7.96. The molecule has 0 N–H and O–H groups in total. The number of hydrogen-bond donors (Lipinski definition) is 0. The average Bonchev–Trinajstić information content (AvgIpc) is 3.07. The highest BCUT2D eigenvalue weighted by atomic mass is 16.2. The summed E-state index contributed by atoms with van der Waals surface area (Å²) in [6.45, 7) is 4.14. The Morgan fingerprint density at radius 3 is 2.91 bits per heavy atom. The molecule has 0 radical (unpaired) electrons. The van der Waals surface area contributed by atoms with Gasteiger partial charge in [-0.2, -0.15) is 0 Å². The van der Waals surface area contributed by atoms with Crippen LogP contribution in [-0.4, -0.2) is 21.3 Å². The number of imidazole rings is 1. The summed E-state index contributed by atoms with van der Waals surface area (Å²) in [4.78, 5) is 19.4. The molecule has 1 aromatic carbocycles. The molecule has 1 atom stereocenters. The highest BCUT2D eigenvalue weighted by Gasteiger charge is 2.30. The molecule has 2 aromatic heterocycles. The zero-order chi connectivity index (χ0) is 16.0. The average molecular weight is 305 g/mol. The van der Waals surface area contributed by atoms with Gasteiger partial charge in [-0.25, -0.2) is 4.98 Å². The maximum Gasteiger partial charge on any atom is 0.233 e. The van der Waals surface area contributed by atoms with Crippen LogP contribution < -0.4 is 4.90 Å². The number of hydrogen-bond acceptors (Lipinski definition) is 2. The molecular formula is C19H19N3O. The summed E-state index contributed by atoms with van der Waals surface area (Å²) in [5.74, 6) is 0.114. The Labute approximate surface area is 135 Å². The fourth-order valence-electron chi connectivity index (χ4n) is 3.48. The standard InChI is InChI=1S/C19H19N3O/c1-13-6-5-9-21-12-16(20-19(13)21)11-18(23)22-14(2)10-15-7-3-4-8-17(15)22/h3-9,12,14H,10-11H2,1-2H3. The van der Waals surface area contributed by atoms with Crippen molar-refractivity contribution in [2.45, 2.75) is 32.7 Å². The quantitative estimate of drug-likeness (QED) is 0.729. The molecule has 0 aliphatic carbocycles. The summed E-state index contributed by atoms with van der Waals surface area (Å²) in [5, 5.41) is 0. The Morgan fingerprint density at radius 2 is 2.09 bits per heavy atom. The number of benzene rings is 1. The zero-order valence-corrected chi connectivity index (χ0v) is 13.4. The highest BCUT2D eigenvalue weighted by Crippen LogP contribution is 2.32. The fourth-order valence-corrected chi connectivity index (χ4v) is 3.48. The lowest BCUT2D eigenvalue weighted by Gasteiger charge is -2.22. The van der Waals surface area contributed by atoms with E-state index >= 15 is 0 Å². The van der Waals surface area contributed by atoms with Gasteiger partial charge in [0.15, 0.2) is 0 Å². The molecule has 0 saturated heterocycles. The van der Waals surface area contributed by atoms with Gasteiger partial charge >= 0.3 is 0 Å². The minimum atomic E-state index is 0.114. The van der Waals surface area contributed by atoms with E-state index in [1.165, 1.54) is 5.56 Å². The molecule has 116 valence electrons. The zero-order valence-electron chi connectivity index (χ0n) is 13.4. The number of para-hydroxylation sites is 1. The van der Waals surface area contributed by atoms with Crippen molar-refractivity contribution < 1.29 is 4.79 Å². The van der Waals surface area contributed by atoms with E-state index in [4.69, 9.17) is 0 Å². The Kier molecular flexibility index (Phi) is 3.18. The second kappa shape index (κ2) is 5.23. The van der Waals surface area contributed by atoms with Gasteiger partial charge in [0.25, 0.3) is 0 Å². The third-order valence-electron chi connectivity index (χ3n) is 4.54. The van der Waals surface area contributed by atoms with Crippen molar-refractivity contribution in [2.75, 3.05) is 4.90 Å². The van der Waals surface area contributed by atoms with Crippen LogP contribution in [0, 0.1) is 6.92 Å². The Hall–Kier alpha value is -2.62. The van der Waals surface area contributed by atoms with E-state index in [-0.39, 0.29) is 11.9 Å². The van der Waals surface area contributed by atoms with E-state index in [0.29, 0.717) is 6.42 Å². The first-order valence-electron chi connectivity index (χ1n) is 7.96. The minimum Gasteiger partial charge on any atom is -0.309 e. The van der Waals surface area contributed by atoms with Crippen LogP contribution in [-0.2, 0) is 17.6 Å². The first-order chi connectivity index (χ1) is 11.1. The largest absolute Gasteiger partial charge is 0.309 e. The fraction of sp³-hybridized carbons (Fsp3) is 0.263. The van der Waals surface area contributed by atoms with Crippen LogP contribution in [0.25, 0.3) is 5.65 Å². The maximum atomic E-state index is 12.8. The van der Waals surface area contributed by atoms with E-state index in [1.54, 1.807) is 0 Å². The van der Waals surface area contributed by atoms with Gasteiger partial charge in [-0.3, -0.25) is 4.79 Å². The second-order valence-electron chi connectivity index (χ2n) is 6.28. The number of rotatable bonds is 2. The van der Waals surface area contributed by atoms with E-state index < -0.39 is 0 Å². The number of amides is 1. The van der Waals surface area contributed by atoms with Crippen LogP contribution in [0.3, 0.4) is 0 Å². The van der Waals surface area contributed by atoms with Gasteiger partial charge in [-0.1, -0.05) is 24.3 Å². The van der Waals surface area contributed by atoms with E-state index in [1.807, 2.05) is 58.9 Å². The predicted molar refractivity (Wildman–Crippen MR) is 90.7 cm³/mol. The van der Waals surface area contributed by atoms with Gasteiger partial charge in [0.05, 0.1) is 12.1 Å². The van der Waals surface area contributed by atoms with Crippen LogP contribution in [0.5, 0.6) is 0 Å². The lowest BCUT2D eigenvalue weighted by molar-refractivity contribution is -0.118. The molecule has 0 bridgehead atoms. The van der Waals surface area contributed by atoms with Gasteiger partial charge in [0.1, 0.15) is 5.65 Å². The van der Waals surface area contributed by atoms with Crippen molar-refractivity contribution in [1.82, 2.24) is 9.38 Å². The summed E-state index contributed by atoms with van der Waals surface area (Å²) in [5.41, 5.74) is 5.15. The third-order valence-corrected chi connectivity index (χ3v) is 4.54. The number of carbonyl (C=O) groups is 1. The molecule has 1 amide bonds. The smallest absolute Gasteiger partial charge is 0.233 e. The van der Waals surface area contributed by atoms with Crippen LogP contribution in [0.15, 0.2) is 48.8 Å². The number of pyridine rings is 1.